The van der Waals surface area contributed by atoms with Gasteiger partial charge in [0.2, 0.25) is 23.6 Å². The Labute approximate surface area is 266 Å². The Bertz CT molecular complexity index is 745. The minimum Gasteiger partial charge on any atom is -0.368 e. The summed E-state index contributed by atoms with van der Waals surface area (Å²) in [7, 11) is 11.0. The van der Waals surface area contributed by atoms with Crippen LogP contribution in [-0.4, -0.2) is 116 Å². The Morgan fingerprint density at radius 3 is 1.16 bits per heavy atom. The van der Waals surface area contributed by atoms with E-state index in [-0.39, 0.29) is 35.8 Å². The van der Waals surface area contributed by atoms with Crippen LogP contribution in [0.3, 0.4) is 0 Å². The lowest BCUT2D eigenvalue weighted by atomic mass is 10.1. The molecule has 14 heteroatoms. The molecule has 0 unspecified atom stereocenters. The number of likely N-dealkylation sites (N-methyl/N-ethyl adjacent to an activating group) is 3. The smallest absolute Gasteiger partial charge is 0.240 e. The molecule has 4 amide bonds. The summed E-state index contributed by atoms with van der Waals surface area (Å²) in [5, 5.41) is 23.9. The van der Waals surface area contributed by atoms with E-state index in [4.69, 9.17) is 11.5 Å². The Hall–Kier alpha value is -2.36. The average Bonchev–Trinajstić information content (AvgIpc) is 3.00. The fourth-order valence-electron chi connectivity index (χ4n) is 4.56. The Morgan fingerprint density at radius 2 is 0.795 bits per heavy atom. The predicted octanol–water partition coefficient (Wildman–Crippen LogP) is -1.35. The van der Waals surface area contributed by atoms with Gasteiger partial charge in [-0.3, -0.25) is 19.2 Å². The van der Waals surface area contributed by atoms with Crippen LogP contribution in [0.1, 0.15) is 77.0 Å². The number of unbranched alkanes of at least 4 members (excludes halogenated alkanes) is 4. The van der Waals surface area contributed by atoms with Crippen LogP contribution in [0.15, 0.2) is 0 Å². The molecule has 12 N–H and O–H groups in total. The molecule has 0 bridgehead atoms. The minimum atomic E-state index is -0.705. The number of nitrogens with one attached hydrogen (secondary N) is 8. The molecule has 0 aliphatic carbocycles. The molecule has 0 rings (SSSR count). The molecule has 0 aliphatic heterocycles. The summed E-state index contributed by atoms with van der Waals surface area (Å²) in [5.41, 5.74) is 10.6. The third-order valence-corrected chi connectivity index (χ3v) is 7.41. The van der Waals surface area contributed by atoms with Gasteiger partial charge in [0.05, 0.1) is 18.1 Å². The van der Waals surface area contributed by atoms with Gasteiger partial charge in [-0.15, -0.1) is 0 Å². The molecule has 0 aliphatic rings. The molecule has 4 atom stereocenters. The van der Waals surface area contributed by atoms with E-state index in [0.29, 0.717) is 32.2 Å². The summed E-state index contributed by atoms with van der Waals surface area (Å²) in [6.07, 6.45) is 10.2. The van der Waals surface area contributed by atoms with Gasteiger partial charge in [0, 0.05) is 6.54 Å². The van der Waals surface area contributed by atoms with Crippen molar-refractivity contribution in [2.75, 3.05) is 68.5 Å². The normalized spacial score (nSPS) is 13.6. The van der Waals surface area contributed by atoms with Crippen molar-refractivity contribution in [1.29, 1.82) is 0 Å². The molecule has 44 heavy (non-hydrogen) atoms. The van der Waals surface area contributed by atoms with E-state index < -0.39 is 11.9 Å². The largest absolute Gasteiger partial charge is 0.368 e. The highest BCUT2D eigenvalue weighted by Gasteiger charge is 2.23. The molecule has 0 aromatic rings. The van der Waals surface area contributed by atoms with E-state index in [1.54, 1.807) is 21.1 Å². The van der Waals surface area contributed by atoms with E-state index in [0.717, 1.165) is 71.0 Å². The summed E-state index contributed by atoms with van der Waals surface area (Å²) < 4.78 is 0. The Balaban J connectivity index is 0. The second-order valence-corrected chi connectivity index (χ2v) is 11.0. The molecular weight excluding hydrogens is 564 g/mol. The van der Waals surface area contributed by atoms with Crippen LogP contribution in [0.5, 0.6) is 0 Å². The number of nitrogens with two attached hydrogens (primary N) is 2. The van der Waals surface area contributed by atoms with Crippen LogP contribution >= 0.6 is 0 Å². The maximum absolute atomic E-state index is 12.5. The van der Waals surface area contributed by atoms with Crippen molar-refractivity contribution < 1.29 is 19.2 Å². The Morgan fingerprint density at radius 1 is 0.455 bits per heavy atom. The van der Waals surface area contributed by atoms with Crippen molar-refractivity contribution in [2.45, 2.75) is 101 Å². The molecule has 0 fully saturated rings. The number of primary amides is 2. The van der Waals surface area contributed by atoms with Crippen LogP contribution < -0.4 is 54.0 Å². The highest BCUT2D eigenvalue weighted by atomic mass is 16.2. The first-order valence-electron chi connectivity index (χ1n) is 16.3. The molecule has 14 nitrogen and oxygen atoms in total. The second-order valence-electron chi connectivity index (χ2n) is 11.0. The topological polar surface area (TPSA) is 217 Å². The Kier molecular flexibility index (Phi) is 30.5. The summed E-state index contributed by atoms with van der Waals surface area (Å²) in [6, 6.07) is -1.42. The minimum absolute atomic E-state index is 0.00755. The molecule has 0 radical (unpaired) electrons. The van der Waals surface area contributed by atoms with Crippen molar-refractivity contribution in [2.24, 2.45) is 11.5 Å². The standard InChI is InChI=1S/C22H47N7O3.C8H19N3O/c1-24-14-8-5-12-18(26-3)21(31)28-16-10-7-11-17(20(23)30)29-22(32)19(27-4)13-6-9-15-25-2;1-10-6-4-3-5-7(11-2)8(9)12/h17-19,24-27H,5-16H2,1-4H3,(H2,23,30)(H,28,31)(H,29,32);7,10-11H,3-6H2,1-2H3,(H2,9,12)/t17-,18-,19-;7-/m00/s1. The fourth-order valence-corrected chi connectivity index (χ4v) is 4.56. The molecule has 260 valence electrons. The van der Waals surface area contributed by atoms with Gasteiger partial charge in [0.1, 0.15) is 6.04 Å². The zero-order valence-corrected chi connectivity index (χ0v) is 28.4. The first-order chi connectivity index (χ1) is 21.1. The van der Waals surface area contributed by atoms with Crippen molar-refractivity contribution in [3.05, 3.63) is 0 Å². The van der Waals surface area contributed by atoms with Gasteiger partial charge in [-0.1, -0.05) is 19.3 Å². The van der Waals surface area contributed by atoms with Crippen molar-refractivity contribution in [1.82, 2.24) is 42.5 Å². The third kappa shape index (κ3) is 24.0. The molecule has 0 aromatic carbocycles. The zero-order chi connectivity index (χ0) is 33.6. The van der Waals surface area contributed by atoms with Gasteiger partial charge in [0.15, 0.2) is 0 Å². The van der Waals surface area contributed by atoms with E-state index in [1.165, 1.54) is 0 Å². The first kappa shape index (κ1) is 43.8. The third-order valence-electron chi connectivity index (χ3n) is 7.41. The van der Waals surface area contributed by atoms with E-state index in [9.17, 15) is 19.2 Å². The molecule has 0 spiro atoms. The van der Waals surface area contributed by atoms with Crippen molar-refractivity contribution in [3.63, 3.8) is 0 Å². The number of rotatable bonds is 28. The predicted molar refractivity (Wildman–Crippen MR) is 179 cm³/mol. The lowest BCUT2D eigenvalue weighted by Gasteiger charge is -2.21. The maximum atomic E-state index is 12.5. The average molecular weight is 631 g/mol. The molecule has 0 aromatic heterocycles. The second kappa shape index (κ2) is 30.7. The van der Waals surface area contributed by atoms with Crippen LogP contribution in [0.25, 0.3) is 0 Å². The zero-order valence-electron chi connectivity index (χ0n) is 28.4. The van der Waals surface area contributed by atoms with Gasteiger partial charge < -0.3 is 54.0 Å². The fraction of sp³-hybridized carbons (Fsp3) is 0.867. The number of hydrogen-bond acceptors (Lipinski definition) is 10. The SMILES string of the molecule is CNCCCC[C@H](NC)C(=O)NCCCC[C@H](NC(=O)[C@H](CCCCNC)NC)C(N)=O.CNCCCC[C@H](NC)C(N)=O. The maximum Gasteiger partial charge on any atom is 0.240 e. The van der Waals surface area contributed by atoms with Crippen molar-refractivity contribution in [3.8, 4) is 0 Å². The van der Waals surface area contributed by atoms with Gasteiger partial charge in [-0.05, 0) is 120 Å². The van der Waals surface area contributed by atoms with E-state index >= 15 is 0 Å². The van der Waals surface area contributed by atoms with Gasteiger partial charge >= 0.3 is 0 Å². The summed E-state index contributed by atoms with van der Waals surface area (Å²) in [6.45, 7) is 3.37. The van der Waals surface area contributed by atoms with E-state index in [1.807, 2.05) is 21.1 Å². The van der Waals surface area contributed by atoms with Crippen LogP contribution in [0.4, 0.5) is 0 Å². The van der Waals surface area contributed by atoms with Crippen LogP contribution in [0.2, 0.25) is 0 Å². The number of amides is 4. The lowest BCUT2D eigenvalue weighted by Crippen LogP contribution is -2.51. The van der Waals surface area contributed by atoms with Crippen LogP contribution in [0, 0.1) is 0 Å². The summed E-state index contributed by atoms with van der Waals surface area (Å²) in [5.74, 6) is -1.01. The van der Waals surface area contributed by atoms with E-state index in [2.05, 4.69) is 42.5 Å². The summed E-state index contributed by atoms with van der Waals surface area (Å²) in [4.78, 5) is 47.3. The van der Waals surface area contributed by atoms with Gasteiger partial charge in [-0.25, -0.2) is 0 Å². The summed E-state index contributed by atoms with van der Waals surface area (Å²) >= 11 is 0. The lowest BCUT2D eigenvalue weighted by molar-refractivity contribution is -0.128. The number of carbonyl (C=O) groups excluding carboxylic acids is 4. The van der Waals surface area contributed by atoms with Gasteiger partial charge in [0.25, 0.3) is 0 Å². The molecule has 0 saturated heterocycles. The monoisotopic (exact) mass is 631 g/mol. The first-order valence-corrected chi connectivity index (χ1v) is 16.3. The number of hydrogen-bond donors (Lipinski definition) is 10. The highest BCUT2D eigenvalue weighted by molar-refractivity contribution is 5.89. The molecule has 0 heterocycles. The number of carbonyl (C=O) groups is 4. The van der Waals surface area contributed by atoms with Crippen molar-refractivity contribution >= 4 is 23.6 Å². The van der Waals surface area contributed by atoms with Crippen LogP contribution in [-0.2, 0) is 19.2 Å². The van der Waals surface area contributed by atoms with Gasteiger partial charge in [-0.2, -0.15) is 0 Å². The molecule has 0 saturated carbocycles. The quantitative estimate of drug-likeness (QED) is 0.0459. The highest BCUT2D eigenvalue weighted by Crippen LogP contribution is 2.05. The molecular formula is C30H66N10O4.